The highest BCUT2D eigenvalue weighted by Gasteiger charge is 2.02. The van der Waals surface area contributed by atoms with E-state index in [1.54, 1.807) is 13.2 Å². The first-order chi connectivity index (χ1) is 9.29. The number of nitrogens with one attached hydrogen (secondary N) is 1. The molecule has 0 saturated heterocycles. The molecule has 0 fully saturated rings. The average molecular weight is 258 g/mol. The van der Waals surface area contributed by atoms with E-state index in [1.165, 1.54) is 5.56 Å². The van der Waals surface area contributed by atoms with Crippen LogP contribution in [0.15, 0.2) is 36.7 Å². The van der Waals surface area contributed by atoms with Gasteiger partial charge >= 0.3 is 0 Å². The van der Waals surface area contributed by atoms with E-state index in [1.807, 2.05) is 35.1 Å². The third-order valence-corrected chi connectivity index (χ3v) is 3.02. The van der Waals surface area contributed by atoms with Gasteiger partial charge in [0.15, 0.2) is 0 Å². The molecule has 1 amide bonds. The summed E-state index contributed by atoms with van der Waals surface area (Å²) in [4.78, 5) is 11.4. The number of carbonyl (C=O) groups excluding carboxylic acids is 1. The first kappa shape index (κ1) is 13.3. The molecule has 0 spiro atoms. The standard InChI is InChI=1S/C14H18N4O/c1-15-14(19)13-7-5-12(6-8-13)4-2-3-10-18-11-9-16-17-18/h5-9,11H,2-4,10H2,1H3,(H,15,19). The van der Waals surface area contributed by atoms with Gasteiger partial charge in [-0.3, -0.25) is 9.48 Å². The Bertz CT molecular complexity index is 505. The Morgan fingerprint density at radius 1 is 1.26 bits per heavy atom. The van der Waals surface area contributed by atoms with Crippen LogP contribution in [0.4, 0.5) is 0 Å². The Labute approximate surface area is 112 Å². The maximum Gasteiger partial charge on any atom is 0.251 e. The molecule has 5 heteroatoms. The molecule has 2 rings (SSSR count). The summed E-state index contributed by atoms with van der Waals surface area (Å²) in [6.07, 6.45) is 6.75. The van der Waals surface area contributed by atoms with Crippen molar-refractivity contribution in [2.24, 2.45) is 0 Å². The van der Waals surface area contributed by atoms with Crippen molar-refractivity contribution in [2.75, 3.05) is 7.05 Å². The van der Waals surface area contributed by atoms with E-state index in [9.17, 15) is 4.79 Å². The molecule has 1 aromatic heterocycles. The Hall–Kier alpha value is -2.17. The molecule has 1 N–H and O–H groups in total. The van der Waals surface area contributed by atoms with Crippen molar-refractivity contribution in [3.05, 3.63) is 47.8 Å². The SMILES string of the molecule is CNC(=O)c1ccc(CCCCn2ccnn2)cc1. The number of hydrogen-bond donors (Lipinski definition) is 1. The third kappa shape index (κ3) is 3.91. The second-order valence-electron chi connectivity index (χ2n) is 4.40. The van der Waals surface area contributed by atoms with Gasteiger partial charge in [-0.1, -0.05) is 17.3 Å². The zero-order valence-corrected chi connectivity index (χ0v) is 11.0. The zero-order valence-electron chi connectivity index (χ0n) is 11.0. The highest BCUT2D eigenvalue weighted by molar-refractivity contribution is 5.93. The van der Waals surface area contributed by atoms with Crippen molar-refractivity contribution >= 4 is 5.91 Å². The van der Waals surface area contributed by atoms with Crippen molar-refractivity contribution in [3.63, 3.8) is 0 Å². The topological polar surface area (TPSA) is 59.8 Å². The van der Waals surface area contributed by atoms with E-state index in [2.05, 4.69) is 15.6 Å². The maximum atomic E-state index is 11.4. The molecule has 0 bridgehead atoms. The third-order valence-electron chi connectivity index (χ3n) is 3.02. The molecule has 0 aliphatic heterocycles. The normalized spacial score (nSPS) is 10.4. The highest BCUT2D eigenvalue weighted by Crippen LogP contribution is 2.08. The van der Waals surface area contributed by atoms with Crippen LogP contribution in [0.1, 0.15) is 28.8 Å². The summed E-state index contributed by atoms with van der Waals surface area (Å²) in [5, 5.41) is 10.3. The van der Waals surface area contributed by atoms with Crippen LogP contribution in [0, 0.1) is 0 Å². The minimum Gasteiger partial charge on any atom is -0.355 e. The number of carbonyl (C=O) groups is 1. The van der Waals surface area contributed by atoms with E-state index in [0.717, 1.165) is 25.8 Å². The smallest absolute Gasteiger partial charge is 0.251 e. The van der Waals surface area contributed by atoms with Crippen molar-refractivity contribution < 1.29 is 4.79 Å². The molecule has 1 aromatic carbocycles. The van der Waals surface area contributed by atoms with Gasteiger partial charge in [-0.2, -0.15) is 0 Å². The van der Waals surface area contributed by atoms with Gasteiger partial charge in [0, 0.05) is 25.4 Å². The molecule has 0 saturated carbocycles. The van der Waals surface area contributed by atoms with Crippen LogP contribution in [0.25, 0.3) is 0 Å². The first-order valence-corrected chi connectivity index (χ1v) is 6.45. The number of amides is 1. The zero-order chi connectivity index (χ0) is 13.5. The van der Waals surface area contributed by atoms with Gasteiger partial charge in [-0.25, -0.2) is 0 Å². The summed E-state index contributed by atoms with van der Waals surface area (Å²) >= 11 is 0. The lowest BCUT2D eigenvalue weighted by Gasteiger charge is -2.04. The Balaban J connectivity index is 1.75. The van der Waals surface area contributed by atoms with Crippen LogP contribution >= 0.6 is 0 Å². The molecule has 0 unspecified atom stereocenters. The molecular formula is C14H18N4O. The van der Waals surface area contributed by atoms with Crippen LogP contribution in [0.2, 0.25) is 0 Å². The minimum atomic E-state index is -0.0438. The summed E-state index contributed by atoms with van der Waals surface area (Å²) in [5.74, 6) is -0.0438. The van der Waals surface area contributed by atoms with Gasteiger partial charge < -0.3 is 5.32 Å². The number of unbranched alkanes of at least 4 members (excludes halogenated alkanes) is 1. The van der Waals surface area contributed by atoms with Gasteiger partial charge in [0.1, 0.15) is 0 Å². The lowest BCUT2D eigenvalue weighted by atomic mass is 10.1. The van der Waals surface area contributed by atoms with Crippen LogP contribution in [0.3, 0.4) is 0 Å². The van der Waals surface area contributed by atoms with Crippen molar-refractivity contribution in [3.8, 4) is 0 Å². The van der Waals surface area contributed by atoms with E-state index >= 15 is 0 Å². The molecule has 1 heterocycles. The fraction of sp³-hybridized carbons (Fsp3) is 0.357. The number of aryl methyl sites for hydroxylation is 2. The lowest BCUT2D eigenvalue weighted by Crippen LogP contribution is -2.17. The average Bonchev–Trinajstić information content (AvgIpc) is 2.96. The maximum absolute atomic E-state index is 11.4. The second kappa shape index (κ2) is 6.68. The van der Waals surface area contributed by atoms with E-state index in [0.29, 0.717) is 5.56 Å². The van der Waals surface area contributed by atoms with E-state index in [4.69, 9.17) is 0 Å². The van der Waals surface area contributed by atoms with Gasteiger partial charge in [-0.05, 0) is 37.0 Å². The Kier molecular flexibility index (Phi) is 4.66. The summed E-state index contributed by atoms with van der Waals surface area (Å²) in [5.41, 5.74) is 1.96. The number of hydrogen-bond acceptors (Lipinski definition) is 3. The minimum absolute atomic E-state index is 0.0438. The quantitative estimate of drug-likeness (QED) is 0.802. The number of benzene rings is 1. The largest absolute Gasteiger partial charge is 0.355 e. The molecule has 100 valence electrons. The predicted molar refractivity (Wildman–Crippen MR) is 72.8 cm³/mol. The number of rotatable bonds is 6. The fourth-order valence-electron chi connectivity index (χ4n) is 1.92. The fourth-order valence-corrected chi connectivity index (χ4v) is 1.92. The predicted octanol–water partition coefficient (Wildman–Crippen LogP) is 1.66. The molecule has 19 heavy (non-hydrogen) atoms. The van der Waals surface area contributed by atoms with Crippen LogP contribution < -0.4 is 5.32 Å². The van der Waals surface area contributed by atoms with Crippen LogP contribution in [-0.4, -0.2) is 27.9 Å². The summed E-state index contributed by atoms with van der Waals surface area (Å²) < 4.78 is 1.84. The van der Waals surface area contributed by atoms with Crippen molar-refractivity contribution in [2.45, 2.75) is 25.8 Å². The molecule has 0 radical (unpaired) electrons. The number of aromatic nitrogens is 3. The highest BCUT2D eigenvalue weighted by atomic mass is 16.1. The summed E-state index contributed by atoms with van der Waals surface area (Å²) in [6, 6.07) is 7.76. The van der Waals surface area contributed by atoms with Crippen LogP contribution in [0.5, 0.6) is 0 Å². The molecule has 0 atom stereocenters. The Morgan fingerprint density at radius 3 is 2.68 bits per heavy atom. The van der Waals surface area contributed by atoms with Crippen molar-refractivity contribution in [1.82, 2.24) is 20.3 Å². The van der Waals surface area contributed by atoms with Gasteiger partial charge in [0.2, 0.25) is 0 Å². The monoisotopic (exact) mass is 258 g/mol. The van der Waals surface area contributed by atoms with Crippen molar-refractivity contribution in [1.29, 1.82) is 0 Å². The lowest BCUT2D eigenvalue weighted by molar-refractivity contribution is 0.0963. The van der Waals surface area contributed by atoms with Gasteiger partial charge in [-0.15, -0.1) is 5.10 Å². The Morgan fingerprint density at radius 2 is 2.05 bits per heavy atom. The molecule has 2 aromatic rings. The second-order valence-corrected chi connectivity index (χ2v) is 4.40. The molecular weight excluding hydrogens is 240 g/mol. The molecule has 0 aliphatic rings. The summed E-state index contributed by atoms with van der Waals surface area (Å²) in [6.45, 7) is 0.899. The first-order valence-electron chi connectivity index (χ1n) is 6.45. The van der Waals surface area contributed by atoms with Gasteiger partial charge in [0.25, 0.3) is 5.91 Å². The summed E-state index contributed by atoms with van der Waals surface area (Å²) in [7, 11) is 1.64. The van der Waals surface area contributed by atoms with Gasteiger partial charge in [0.05, 0.1) is 6.20 Å². The van der Waals surface area contributed by atoms with E-state index < -0.39 is 0 Å². The van der Waals surface area contributed by atoms with E-state index in [-0.39, 0.29) is 5.91 Å². The molecule has 0 aliphatic carbocycles. The number of nitrogens with zero attached hydrogens (tertiary/aromatic N) is 3. The van der Waals surface area contributed by atoms with Crippen LogP contribution in [-0.2, 0) is 13.0 Å². The molecule has 5 nitrogen and oxygen atoms in total.